The molecular weight excluding hydrogens is 316 g/mol. The van der Waals surface area contributed by atoms with Crippen molar-refractivity contribution < 1.29 is 14.6 Å². The first-order chi connectivity index (χ1) is 12.3. The van der Waals surface area contributed by atoms with Crippen molar-refractivity contribution >= 4 is 0 Å². The fraction of sp³-hybridized carbons (Fsp3) is 0.700. The number of aliphatic hydroxyl groups is 1. The van der Waals surface area contributed by atoms with Crippen molar-refractivity contribution in [2.75, 3.05) is 39.5 Å². The van der Waals surface area contributed by atoms with Crippen LogP contribution >= 0.6 is 0 Å². The molecule has 1 aromatic rings. The van der Waals surface area contributed by atoms with Crippen LogP contribution in [0.2, 0.25) is 0 Å². The van der Waals surface area contributed by atoms with E-state index in [4.69, 9.17) is 9.47 Å². The highest BCUT2D eigenvalue weighted by molar-refractivity contribution is 5.14. The molecular formula is C20H32N2O3. The highest BCUT2D eigenvalue weighted by atomic mass is 16.5. The Balaban J connectivity index is 1.24. The lowest BCUT2D eigenvalue weighted by Crippen LogP contribution is -2.45. The molecule has 2 aliphatic rings. The van der Waals surface area contributed by atoms with Crippen LogP contribution in [0.15, 0.2) is 30.3 Å². The van der Waals surface area contributed by atoms with Crippen LogP contribution in [0.5, 0.6) is 0 Å². The van der Waals surface area contributed by atoms with Crippen molar-refractivity contribution in [1.29, 1.82) is 0 Å². The lowest BCUT2D eigenvalue weighted by atomic mass is 10.0. The summed E-state index contributed by atoms with van der Waals surface area (Å²) in [6.45, 7) is 5.70. The number of hydrogen-bond acceptors (Lipinski definition) is 5. The van der Waals surface area contributed by atoms with Gasteiger partial charge >= 0.3 is 0 Å². The lowest BCUT2D eigenvalue weighted by Gasteiger charge is -2.33. The summed E-state index contributed by atoms with van der Waals surface area (Å²) >= 11 is 0. The molecule has 5 nitrogen and oxygen atoms in total. The maximum atomic E-state index is 10.1. The normalized spacial score (nSPS) is 23.8. The summed E-state index contributed by atoms with van der Waals surface area (Å²) in [6.07, 6.45) is 4.27. The van der Waals surface area contributed by atoms with E-state index in [1.807, 2.05) is 0 Å². The molecule has 140 valence electrons. The molecule has 2 saturated heterocycles. The molecule has 0 amide bonds. The minimum atomic E-state index is -0.441. The molecule has 3 rings (SSSR count). The SMILES string of the molecule is O[C@@H](CNC1CCN(Cc2ccccc2)CC1)COC[C@@H]1CCCO1. The highest BCUT2D eigenvalue weighted by Gasteiger charge is 2.20. The third-order valence-corrected chi connectivity index (χ3v) is 5.12. The molecule has 2 fully saturated rings. The number of likely N-dealkylation sites (tertiary alicyclic amines) is 1. The molecule has 0 radical (unpaired) electrons. The number of piperidine rings is 1. The predicted molar refractivity (Wildman–Crippen MR) is 98.5 cm³/mol. The van der Waals surface area contributed by atoms with Gasteiger partial charge in [0, 0.05) is 25.7 Å². The summed E-state index contributed by atoms with van der Waals surface area (Å²) in [5.74, 6) is 0. The molecule has 0 aliphatic carbocycles. The van der Waals surface area contributed by atoms with E-state index in [0.29, 0.717) is 25.8 Å². The van der Waals surface area contributed by atoms with Crippen molar-refractivity contribution in [2.45, 2.75) is 50.5 Å². The second-order valence-electron chi connectivity index (χ2n) is 7.27. The molecule has 0 unspecified atom stereocenters. The fourth-order valence-electron chi connectivity index (χ4n) is 3.61. The van der Waals surface area contributed by atoms with E-state index in [2.05, 4.69) is 40.5 Å². The van der Waals surface area contributed by atoms with Gasteiger partial charge in [0.25, 0.3) is 0 Å². The topological polar surface area (TPSA) is 54.0 Å². The highest BCUT2D eigenvalue weighted by Crippen LogP contribution is 2.14. The Hall–Kier alpha value is -0.980. The van der Waals surface area contributed by atoms with Gasteiger partial charge < -0.3 is 19.9 Å². The molecule has 2 N–H and O–H groups in total. The predicted octanol–water partition coefficient (Wildman–Crippen LogP) is 1.80. The third-order valence-electron chi connectivity index (χ3n) is 5.12. The van der Waals surface area contributed by atoms with Crippen LogP contribution in [0, 0.1) is 0 Å². The monoisotopic (exact) mass is 348 g/mol. The largest absolute Gasteiger partial charge is 0.389 e. The number of aliphatic hydroxyl groups excluding tert-OH is 1. The van der Waals surface area contributed by atoms with E-state index in [1.165, 1.54) is 5.56 Å². The maximum Gasteiger partial charge on any atom is 0.0897 e. The van der Waals surface area contributed by atoms with Crippen molar-refractivity contribution in [1.82, 2.24) is 10.2 Å². The first-order valence-corrected chi connectivity index (χ1v) is 9.66. The van der Waals surface area contributed by atoms with E-state index in [0.717, 1.165) is 51.9 Å². The molecule has 5 heteroatoms. The minimum absolute atomic E-state index is 0.231. The molecule has 2 heterocycles. The fourth-order valence-corrected chi connectivity index (χ4v) is 3.61. The van der Waals surface area contributed by atoms with Gasteiger partial charge in [-0.25, -0.2) is 0 Å². The van der Waals surface area contributed by atoms with Gasteiger partial charge in [0.1, 0.15) is 0 Å². The molecule has 1 aromatic carbocycles. The van der Waals surface area contributed by atoms with Gasteiger partial charge in [0.2, 0.25) is 0 Å². The van der Waals surface area contributed by atoms with Crippen LogP contribution in [0.3, 0.4) is 0 Å². The Labute approximate surface area is 151 Å². The second-order valence-corrected chi connectivity index (χ2v) is 7.27. The standard InChI is InChI=1S/C20H32N2O3/c23-19(15-24-16-20-7-4-12-25-20)13-21-18-8-10-22(11-9-18)14-17-5-2-1-3-6-17/h1-3,5-6,18-21,23H,4,7-16H2/t19-,20-/m0/s1. The quantitative estimate of drug-likeness (QED) is 0.713. The van der Waals surface area contributed by atoms with Crippen LogP contribution in [-0.2, 0) is 16.0 Å². The van der Waals surface area contributed by atoms with Crippen LogP contribution in [0.25, 0.3) is 0 Å². The van der Waals surface area contributed by atoms with Crippen molar-refractivity contribution in [3.63, 3.8) is 0 Å². The zero-order valence-electron chi connectivity index (χ0n) is 15.1. The Morgan fingerprint density at radius 2 is 2.00 bits per heavy atom. The van der Waals surface area contributed by atoms with E-state index in [-0.39, 0.29) is 6.10 Å². The summed E-state index contributed by atoms with van der Waals surface area (Å²) in [5, 5.41) is 13.6. The molecule has 0 aromatic heterocycles. The van der Waals surface area contributed by atoms with Crippen LogP contribution in [0.1, 0.15) is 31.2 Å². The van der Waals surface area contributed by atoms with Gasteiger partial charge in [0.15, 0.2) is 0 Å². The number of nitrogens with one attached hydrogen (secondary N) is 1. The molecule has 2 atom stereocenters. The van der Waals surface area contributed by atoms with Gasteiger partial charge in [0.05, 0.1) is 25.4 Å². The van der Waals surface area contributed by atoms with Crippen molar-refractivity contribution in [3.8, 4) is 0 Å². The molecule has 0 saturated carbocycles. The molecule has 0 bridgehead atoms. The van der Waals surface area contributed by atoms with E-state index in [9.17, 15) is 5.11 Å². The molecule has 2 aliphatic heterocycles. The number of nitrogens with zero attached hydrogens (tertiary/aromatic N) is 1. The van der Waals surface area contributed by atoms with Crippen LogP contribution < -0.4 is 5.32 Å². The molecule has 25 heavy (non-hydrogen) atoms. The number of benzene rings is 1. The minimum Gasteiger partial charge on any atom is -0.389 e. The number of ether oxygens (including phenoxy) is 2. The second kappa shape index (κ2) is 10.2. The molecule has 0 spiro atoms. The van der Waals surface area contributed by atoms with E-state index < -0.39 is 6.10 Å². The average Bonchev–Trinajstić information content (AvgIpc) is 3.15. The Morgan fingerprint density at radius 3 is 2.72 bits per heavy atom. The van der Waals surface area contributed by atoms with Gasteiger partial charge in [-0.15, -0.1) is 0 Å². The summed E-state index contributed by atoms with van der Waals surface area (Å²) in [4.78, 5) is 2.51. The maximum absolute atomic E-state index is 10.1. The first kappa shape index (κ1) is 18.8. The average molecular weight is 348 g/mol. The Kier molecular flexibility index (Phi) is 7.70. The smallest absolute Gasteiger partial charge is 0.0897 e. The number of rotatable bonds is 9. The van der Waals surface area contributed by atoms with Crippen molar-refractivity contribution in [3.05, 3.63) is 35.9 Å². The number of hydrogen-bond donors (Lipinski definition) is 2. The first-order valence-electron chi connectivity index (χ1n) is 9.66. The van der Waals surface area contributed by atoms with Crippen LogP contribution in [-0.4, -0.2) is 67.7 Å². The van der Waals surface area contributed by atoms with Gasteiger partial charge in [-0.05, 0) is 44.3 Å². The Morgan fingerprint density at radius 1 is 1.20 bits per heavy atom. The van der Waals surface area contributed by atoms with E-state index in [1.54, 1.807) is 0 Å². The third kappa shape index (κ3) is 6.68. The van der Waals surface area contributed by atoms with Gasteiger partial charge in [-0.1, -0.05) is 30.3 Å². The van der Waals surface area contributed by atoms with E-state index >= 15 is 0 Å². The van der Waals surface area contributed by atoms with Gasteiger partial charge in [-0.3, -0.25) is 4.90 Å². The summed E-state index contributed by atoms with van der Waals surface area (Å²) in [5.41, 5.74) is 1.38. The Bertz CT molecular complexity index is 471. The zero-order valence-corrected chi connectivity index (χ0v) is 15.1. The summed E-state index contributed by atoms with van der Waals surface area (Å²) in [7, 11) is 0. The lowest BCUT2D eigenvalue weighted by molar-refractivity contribution is -0.0173. The summed E-state index contributed by atoms with van der Waals surface area (Å²) < 4.78 is 11.1. The van der Waals surface area contributed by atoms with Crippen LogP contribution in [0.4, 0.5) is 0 Å². The van der Waals surface area contributed by atoms with Crippen molar-refractivity contribution in [2.24, 2.45) is 0 Å². The zero-order chi connectivity index (χ0) is 17.3. The summed E-state index contributed by atoms with van der Waals surface area (Å²) in [6, 6.07) is 11.2. The van der Waals surface area contributed by atoms with Gasteiger partial charge in [-0.2, -0.15) is 0 Å².